The minimum atomic E-state index is -4.27. The molecule has 0 saturated heterocycles. The first-order chi connectivity index (χ1) is 11.3. The zero-order chi connectivity index (χ0) is 17.3. The highest BCUT2D eigenvalue weighted by atomic mass is 32.2. The highest BCUT2D eigenvalue weighted by Crippen LogP contribution is 2.33. The Bertz CT molecular complexity index is 1010. The molecule has 0 bridgehead atoms. The number of hydrogen-bond acceptors (Lipinski definition) is 7. The third kappa shape index (κ3) is 3.42. The van der Waals surface area contributed by atoms with Crippen molar-refractivity contribution in [1.29, 1.82) is 0 Å². The molecule has 0 aliphatic rings. The van der Waals surface area contributed by atoms with Gasteiger partial charge in [0.2, 0.25) is 0 Å². The van der Waals surface area contributed by atoms with Crippen molar-refractivity contribution in [3.63, 3.8) is 0 Å². The van der Waals surface area contributed by atoms with Gasteiger partial charge in [-0.15, -0.1) is 10.2 Å². The van der Waals surface area contributed by atoms with Crippen LogP contribution in [0.3, 0.4) is 0 Å². The van der Waals surface area contributed by atoms with Crippen molar-refractivity contribution in [2.45, 2.75) is 4.90 Å². The fourth-order valence-electron chi connectivity index (χ4n) is 2.06. The summed E-state index contributed by atoms with van der Waals surface area (Å²) in [5.41, 5.74) is 2.33. The van der Waals surface area contributed by atoms with Gasteiger partial charge in [-0.05, 0) is 54.0 Å². The molecule has 1 aromatic heterocycles. The van der Waals surface area contributed by atoms with E-state index in [-0.39, 0.29) is 4.90 Å². The fraction of sp³-hybridized carbons (Fsp3) is 0.133. The average molecular weight is 362 g/mol. The number of anilines is 1. The van der Waals surface area contributed by atoms with Gasteiger partial charge in [-0.1, -0.05) is 0 Å². The van der Waals surface area contributed by atoms with Crippen molar-refractivity contribution in [3.05, 3.63) is 42.5 Å². The Balaban J connectivity index is 1.94. The maximum Gasteiger partial charge on any atom is 0.294 e. The van der Waals surface area contributed by atoms with E-state index >= 15 is 0 Å². The van der Waals surface area contributed by atoms with Gasteiger partial charge in [-0.25, -0.2) is 0 Å². The molecule has 24 heavy (non-hydrogen) atoms. The Hall–Kier alpha value is -2.36. The highest BCUT2D eigenvalue weighted by molar-refractivity contribution is 7.85. The zero-order valence-corrected chi connectivity index (χ0v) is 14.5. The molecule has 0 radical (unpaired) electrons. The molecule has 0 fully saturated rings. The second-order valence-electron chi connectivity index (χ2n) is 5.25. The minimum absolute atomic E-state index is 0.193. The quantitative estimate of drug-likeness (QED) is 0.558. The van der Waals surface area contributed by atoms with Crippen LogP contribution in [-0.2, 0) is 10.1 Å². The Morgan fingerprint density at radius 1 is 1.08 bits per heavy atom. The Kier molecular flexibility index (Phi) is 4.31. The summed E-state index contributed by atoms with van der Waals surface area (Å²) in [7, 11) is -0.367. The molecule has 0 aliphatic heterocycles. The second-order valence-corrected chi connectivity index (χ2v) is 7.43. The van der Waals surface area contributed by atoms with E-state index in [1.54, 1.807) is 0 Å². The number of aromatic nitrogens is 1. The number of hydrogen-bond donors (Lipinski definition) is 1. The predicted octanol–water partition coefficient (Wildman–Crippen LogP) is 4.02. The lowest BCUT2D eigenvalue weighted by Gasteiger charge is -2.11. The van der Waals surface area contributed by atoms with E-state index in [2.05, 4.69) is 14.6 Å². The Labute approximate surface area is 143 Å². The van der Waals surface area contributed by atoms with Crippen LogP contribution < -0.4 is 4.90 Å². The van der Waals surface area contributed by atoms with E-state index in [0.717, 1.165) is 17.2 Å². The van der Waals surface area contributed by atoms with E-state index in [1.807, 2.05) is 43.3 Å². The lowest BCUT2D eigenvalue weighted by molar-refractivity contribution is 0.483. The monoisotopic (exact) mass is 362 g/mol. The van der Waals surface area contributed by atoms with Crippen LogP contribution in [-0.4, -0.2) is 31.4 Å². The molecule has 0 aliphatic carbocycles. The van der Waals surface area contributed by atoms with Gasteiger partial charge < -0.3 is 4.90 Å². The summed E-state index contributed by atoms with van der Waals surface area (Å²) in [5, 5.41) is 9.32. The molecule has 1 N–H and O–H groups in total. The van der Waals surface area contributed by atoms with Gasteiger partial charge in [0.25, 0.3) is 10.1 Å². The van der Waals surface area contributed by atoms with Gasteiger partial charge in [-0.3, -0.25) is 4.55 Å². The molecular formula is C15H14N4O3S2. The Morgan fingerprint density at radius 2 is 1.79 bits per heavy atom. The zero-order valence-electron chi connectivity index (χ0n) is 12.9. The summed E-state index contributed by atoms with van der Waals surface area (Å²) >= 11 is 1.11. The number of benzene rings is 2. The minimum Gasteiger partial charge on any atom is -0.378 e. The molecule has 0 atom stereocenters. The second kappa shape index (κ2) is 6.27. The summed E-state index contributed by atoms with van der Waals surface area (Å²) in [5.74, 6) is 0. The number of rotatable bonds is 4. The maximum atomic E-state index is 11.3. The normalized spacial score (nSPS) is 12.1. The SMILES string of the molecule is CN(C)c1ccc(N=Nc2snc3ccc(S(=O)(=O)O)cc23)cc1. The number of azo groups is 1. The van der Waals surface area contributed by atoms with Gasteiger partial charge in [0.1, 0.15) is 0 Å². The van der Waals surface area contributed by atoms with E-state index in [4.69, 9.17) is 4.55 Å². The smallest absolute Gasteiger partial charge is 0.294 e. The van der Waals surface area contributed by atoms with E-state index in [9.17, 15) is 8.42 Å². The molecule has 0 amide bonds. The lowest BCUT2D eigenvalue weighted by atomic mass is 10.2. The third-order valence-electron chi connectivity index (χ3n) is 3.35. The van der Waals surface area contributed by atoms with Crippen LogP contribution in [0.15, 0.2) is 57.6 Å². The molecule has 1 heterocycles. The number of nitrogens with zero attached hydrogens (tertiary/aromatic N) is 4. The van der Waals surface area contributed by atoms with Crippen LogP contribution in [0.25, 0.3) is 10.9 Å². The van der Waals surface area contributed by atoms with Crippen molar-refractivity contribution in [3.8, 4) is 0 Å². The molecule has 0 spiro atoms. The average Bonchev–Trinajstić information content (AvgIpc) is 2.95. The first kappa shape index (κ1) is 16.5. The summed E-state index contributed by atoms with van der Waals surface area (Å²) in [6.07, 6.45) is 0. The summed E-state index contributed by atoms with van der Waals surface area (Å²) < 4.78 is 35.9. The van der Waals surface area contributed by atoms with Crippen LogP contribution in [0.1, 0.15) is 0 Å². The van der Waals surface area contributed by atoms with Gasteiger partial charge in [0, 0.05) is 25.2 Å². The third-order valence-corrected chi connectivity index (χ3v) is 4.96. The van der Waals surface area contributed by atoms with E-state index < -0.39 is 10.1 Å². The predicted molar refractivity (Wildman–Crippen MR) is 94.4 cm³/mol. The van der Waals surface area contributed by atoms with Gasteiger partial charge >= 0.3 is 0 Å². The first-order valence-electron chi connectivity index (χ1n) is 6.90. The van der Waals surface area contributed by atoms with Gasteiger partial charge in [0.05, 0.1) is 16.1 Å². The summed E-state index contributed by atoms with van der Waals surface area (Å²) in [6, 6.07) is 11.7. The summed E-state index contributed by atoms with van der Waals surface area (Å²) in [6.45, 7) is 0. The van der Waals surface area contributed by atoms with Crippen LogP contribution in [0.4, 0.5) is 16.4 Å². The molecule has 7 nitrogen and oxygen atoms in total. The molecule has 0 unspecified atom stereocenters. The van der Waals surface area contributed by atoms with Crippen molar-refractivity contribution in [2.75, 3.05) is 19.0 Å². The number of fused-ring (bicyclic) bond motifs is 1. The van der Waals surface area contributed by atoms with Crippen molar-refractivity contribution in [1.82, 2.24) is 4.37 Å². The summed E-state index contributed by atoms with van der Waals surface area (Å²) in [4.78, 5) is 1.79. The van der Waals surface area contributed by atoms with Gasteiger partial charge in [-0.2, -0.15) is 12.8 Å². The Morgan fingerprint density at radius 3 is 2.42 bits per heavy atom. The van der Waals surface area contributed by atoms with Crippen LogP contribution >= 0.6 is 11.5 Å². The fourth-order valence-corrected chi connectivity index (χ4v) is 3.25. The molecule has 124 valence electrons. The van der Waals surface area contributed by atoms with Crippen molar-refractivity contribution in [2.24, 2.45) is 10.2 Å². The molecule has 3 aromatic rings. The van der Waals surface area contributed by atoms with Crippen molar-refractivity contribution < 1.29 is 13.0 Å². The van der Waals surface area contributed by atoms with Crippen LogP contribution in [0, 0.1) is 0 Å². The maximum absolute atomic E-state index is 11.3. The molecule has 0 saturated carbocycles. The first-order valence-corrected chi connectivity index (χ1v) is 9.12. The van der Waals surface area contributed by atoms with Crippen LogP contribution in [0.5, 0.6) is 0 Å². The van der Waals surface area contributed by atoms with Crippen molar-refractivity contribution >= 4 is 48.9 Å². The molecule has 2 aromatic carbocycles. The highest BCUT2D eigenvalue weighted by Gasteiger charge is 2.13. The topological polar surface area (TPSA) is 95.2 Å². The lowest BCUT2D eigenvalue weighted by Crippen LogP contribution is -2.07. The van der Waals surface area contributed by atoms with E-state index in [1.165, 1.54) is 18.2 Å². The van der Waals surface area contributed by atoms with Crippen LogP contribution in [0.2, 0.25) is 0 Å². The largest absolute Gasteiger partial charge is 0.378 e. The standard InChI is InChI=1S/C15H14N4O3S2/c1-19(2)11-5-3-10(4-6-11)16-17-15-13-9-12(24(20,21)22)7-8-14(13)18-23-15/h3-9H,1-2H3,(H,20,21,22). The van der Waals surface area contributed by atoms with E-state index in [0.29, 0.717) is 21.6 Å². The molecule has 9 heteroatoms. The molecule has 3 rings (SSSR count). The van der Waals surface area contributed by atoms with Gasteiger partial charge in [0.15, 0.2) is 5.00 Å². The molecular weight excluding hydrogens is 348 g/mol.